The second kappa shape index (κ2) is 7.98. The van der Waals surface area contributed by atoms with E-state index < -0.39 is 0 Å². The van der Waals surface area contributed by atoms with Crippen LogP contribution >= 0.6 is 15.9 Å². The van der Waals surface area contributed by atoms with Crippen LogP contribution in [0, 0.1) is 0 Å². The number of anilines is 2. The van der Waals surface area contributed by atoms with Crippen LogP contribution in [0.1, 0.15) is 6.42 Å². The molecule has 0 bridgehead atoms. The first kappa shape index (κ1) is 16.5. The highest BCUT2D eigenvalue weighted by Crippen LogP contribution is 2.20. The van der Waals surface area contributed by atoms with E-state index in [9.17, 15) is 0 Å². The molecule has 7 nitrogen and oxygen atoms in total. The first-order chi connectivity index (χ1) is 11.7. The van der Waals surface area contributed by atoms with Gasteiger partial charge in [0.15, 0.2) is 11.6 Å². The second-order valence-electron chi connectivity index (χ2n) is 5.09. The Hall–Kier alpha value is -2.32. The van der Waals surface area contributed by atoms with Gasteiger partial charge in [-0.1, -0.05) is 0 Å². The molecule has 0 aliphatic heterocycles. The Morgan fingerprint density at radius 3 is 3.00 bits per heavy atom. The number of rotatable bonds is 7. The molecular weight excluding hydrogens is 372 g/mol. The molecule has 0 amide bonds. The first-order valence-corrected chi connectivity index (χ1v) is 8.27. The zero-order chi connectivity index (χ0) is 16.8. The minimum Gasteiger partial charge on any atom is -0.385 e. The molecule has 3 rings (SSSR count). The van der Waals surface area contributed by atoms with Gasteiger partial charge in [-0.15, -0.1) is 0 Å². The van der Waals surface area contributed by atoms with Crippen LogP contribution in [0.25, 0.3) is 11.4 Å². The summed E-state index contributed by atoms with van der Waals surface area (Å²) in [5, 5.41) is 7.66. The molecular formula is C16H17BrN6O. The van der Waals surface area contributed by atoms with E-state index in [1.807, 2.05) is 23.0 Å². The lowest BCUT2D eigenvalue weighted by molar-refractivity contribution is 0.189. The number of methoxy groups -OCH3 is 1. The first-order valence-electron chi connectivity index (χ1n) is 7.48. The number of hydrogen-bond acceptors (Lipinski definition) is 6. The number of pyridine rings is 1. The lowest BCUT2D eigenvalue weighted by atomic mass is 10.3. The predicted octanol–water partition coefficient (Wildman–Crippen LogP) is 3.28. The highest BCUT2D eigenvalue weighted by atomic mass is 79.9. The van der Waals surface area contributed by atoms with Crippen molar-refractivity contribution in [1.82, 2.24) is 24.7 Å². The Morgan fingerprint density at radius 1 is 1.25 bits per heavy atom. The molecule has 0 atom stereocenters. The van der Waals surface area contributed by atoms with Gasteiger partial charge in [-0.25, -0.2) is 9.97 Å². The lowest BCUT2D eigenvalue weighted by Crippen LogP contribution is -2.03. The van der Waals surface area contributed by atoms with E-state index in [0.717, 1.165) is 35.4 Å². The maximum Gasteiger partial charge on any atom is 0.163 e. The standard InChI is InChI=1S/C16H17BrN6O/c1-24-8-2-6-23-7-4-15(22-23)20-14-3-5-19-16(21-14)12-9-13(17)11-18-10-12/h3-5,7,9-11H,2,6,8H2,1H3,(H,19,20,21,22). The van der Waals surface area contributed by atoms with Crippen LogP contribution in [0.3, 0.4) is 0 Å². The topological polar surface area (TPSA) is 77.8 Å². The second-order valence-corrected chi connectivity index (χ2v) is 6.01. The van der Waals surface area contributed by atoms with Crippen LogP contribution in [-0.2, 0) is 11.3 Å². The Balaban J connectivity index is 1.71. The highest BCUT2D eigenvalue weighted by molar-refractivity contribution is 9.10. The van der Waals surface area contributed by atoms with Gasteiger partial charge in [0, 0.05) is 61.2 Å². The summed E-state index contributed by atoms with van der Waals surface area (Å²) in [6, 6.07) is 5.64. The fourth-order valence-electron chi connectivity index (χ4n) is 2.16. The predicted molar refractivity (Wildman–Crippen MR) is 95.0 cm³/mol. The molecule has 0 aliphatic rings. The third-order valence-electron chi connectivity index (χ3n) is 3.25. The zero-order valence-electron chi connectivity index (χ0n) is 13.2. The van der Waals surface area contributed by atoms with Crippen LogP contribution in [0.15, 0.2) is 47.5 Å². The molecule has 0 spiro atoms. The number of hydrogen-bond donors (Lipinski definition) is 1. The van der Waals surface area contributed by atoms with Gasteiger partial charge >= 0.3 is 0 Å². The summed E-state index contributed by atoms with van der Waals surface area (Å²) in [4.78, 5) is 12.9. The SMILES string of the molecule is COCCCn1ccc(Nc2ccnc(-c3cncc(Br)c3)n2)n1. The van der Waals surface area contributed by atoms with Crippen molar-refractivity contribution in [3.05, 3.63) is 47.5 Å². The third-order valence-corrected chi connectivity index (χ3v) is 3.68. The van der Waals surface area contributed by atoms with Gasteiger partial charge in [0.2, 0.25) is 0 Å². The van der Waals surface area contributed by atoms with Gasteiger partial charge in [0.1, 0.15) is 5.82 Å². The minimum atomic E-state index is 0.605. The number of halogens is 1. The maximum absolute atomic E-state index is 5.05. The summed E-state index contributed by atoms with van der Waals surface area (Å²) in [6.07, 6.45) is 8.01. The van der Waals surface area contributed by atoms with Crippen molar-refractivity contribution in [3.63, 3.8) is 0 Å². The molecule has 0 unspecified atom stereocenters. The fourth-order valence-corrected chi connectivity index (χ4v) is 2.52. The Morgan fingerprint density at radius 2 is 2.17 bits per heavy atom. The monoisotopic (exact) mass is 388 g/mol. The van der Waals surface area contributed by atoms with Gasteiger partial charge < -0.3 is 10.1 Å². The van der Waals surface area contributed by atoms with Gasteiger partial charge in [-0.05, 0) is 34.5 Å². The Labute approximate surface area is 148 Å². The van der Waals surface area contributed by atoms with Crippen LogP contribution < -0.4 is 5.32 Å². The van der Waals surface area contributed by atoms with E-state index in [0.29, 0.717) is 11.6 Å². The lowest BCUT2D eigenvalue weighted by Gasteiger charge is -2.05. The molecule has 0 saturated carbocycles. The molecule has 24 heavy (non-hydrogen) atoms. The molecule has 1 N–H and O–H groups in total. The van der Waals surface area contributed by atoms with Crippen LogP contribution in [0.4, 0.5) is 11.6 Å². The van der Waals surface area contributed by atoms with E-state index in [2.05, 4.69) is 41.3 Å². The molecule has 0 aliphatic carbocycles. The van der Waals surface area contributed by atoms with Crippen molar-refractivity contribution in [2.24, 2.45) is 0 Å². The molecule has 0 saturated heterocycles. The Bertz CT molecular complexity index is 807. The quantitative estimate of drug-likeness (QED) is 0.625. The van der Waals surface area contributed by atoms with E-state index in [1.165, 1.54) is 0 Å². The number of nitrogens with zero attached hydrogens (tertiary/aromatic N) is 5. The van der Waals surface area contributed by atoms with Gasteiger partial charge in [0.05, 0.1) is 0 Å². The summed E-state index contributed by atoms with van der Waals surface area (Å²) < 4.78 is 7.81. The summed E-state index contributed by atoms with van der Waals surface area (Å²) >= 11 is 3.40. The molecule has 124 valence electrons. The van der Waals surface area contributed by atoms with Crippen molar-refractivity contribution in [2.45, 2.75) is 13.0 Å². The average Bonchev–Trinajstić information content (AvgIpc) is 3.03. The number of aromatic nitrogens is 5. The summed E-state index contributed by atoms with van der Waals surface area (Å²) in [7, 11) is 1.70. The molecule has 8 heteroatoms. The molecule has 3 heterocycles. The van der Waals surface area contributed by atoms with Gasteiger partial charge in [-0.3, -0.25) is 9.67 Å². The normalized spacial score (nSPS) is 10.8. The van der Waals surface area contributed by atoms with Gasteiger partial charge in [0.25, 0.3) is 0 Å². The molecule has 3 aromatic heterocycles. The maximum atomic E-state index is 5.05. The molecule has 0 radical (unpaired) electrons. The van der Waals surface area contributed by atoms with E-state index in [4.69, 9.17) is 4.74 Å². The fraction of sp³-hybridized carbons (Fsp3) is 0.250. The third kappa shape index (κ3) is 4.36. The summed E-state index contributed by atoms with van der Waals surface area (Å²) in [5.41, 5.74) is 0.845. The largest absolute Gasteiger partial charge is 0.385 e. The molecule has 0 fully saturated rings. The highest BCUT2D eigenvalue weighted by Gasteiger charge is 2.06. The Kier molecular flexibility index (Phi) is 5.50. The van der Waals surface area contributed by atoms with Crippen LogP contribution in [-0.4, -0.2) is 38.4 Å². The van der Waals surface area contributed by atoms with Crippen molar-refractivity contribution in [3.8, 4) is 11.4 Å². The van der Waals surface area contributed by atoms with Crippen molar-refractivity contribution in [2.75, 3.05) is 19.0 Å². The van der Waals surface area contributed by atoms with E-state index in [-0.39, 0.29) is 0 Å². The summed E-state index contributed by atoms with van der Waals surface area (Å²) in [6.45, 7) is 1.53. The minimum absolute atomic E-state index is 0.605. The van der Waals surface area contributed by atoms with Crippen molar-refractivity contribution in [1.29, 1.82) is 0 Å². The molecule has 3 aromatic rings. The average molecular weight is 389 g/mol. The van der Waals surface area contributed by atoms with Crippen LogP contribution in [0.5, 0.6) is 0 Å². The van der Waals surface area contributed by atoms with Crippen LogP contribution in [0.2, 0.25) is 0 Å². The van der Waals surface area contributed by atoms with Gasteiger partial charge in [-0.2, -0.15) is 5.10 Å². The van der Waals surface area contributed by atoms with E-state index >= 15 is 0 Å². The van der Waals surface area contributed by atoms with Crippen molar-refractivity contribution < 1.29 is 4.74 Å². The smallest absolute Gasteiger partial charge is 0.163 e. The number of aryl methyl sites for hydroxylation is 1. The summed E-state index contributed by atoms with van der Waals surface area (Å²) in [5.74, 6) is 2.03. The zero-order valence-corrected chi connectivity index (χ0v) is 14.8. The van der Waals surface area contributed by atoms with Crippen molar-refractivity contribution >= 4 is 27.6 Å². The van der Waals surface area contributed by atoms with E-state index in [1.54, 1.807) is 31.8 Å². The number of nitrogens with one attached hydrogen (secondary N) is 1. The number of ether oxygens (including phenoxy) is 1. The molecule has 0 aromatic carbocycles.